The highest BCUT2D eigenvalue weighted by molar-refractivity contribution is 9.10. The number of nitrogens with zero attached hydrogens (tertiary/aromatic N) is 2. The lowest BCUT2D eigenvalue weighted by Crippen LogP contribution is -2.37. The van der Waals surface area contributed by atoms with Crippen molar-refractivity contribution < 1.29 is 9.59 Å². The fourth-order valence-corrected chi connectivity index (χ4v) is 5.81. The van der Waals surface area contributed by atoms with E-state index in [9.17, 15) is 9.59 Å². The van der Waals surface area contributed by atoms with Crippen molar-refractivity contribution in [3.63, 3.8) is 0 Å². The van der Waals surface area contributed by atoms with Gasteiger partial charge in [-0.05, 0) is 37.5 Å². The van der Waals surface area contributed by atoms with E-state index in [-0.39, 0.29) is 17.9 Å². The first-order chi connectivity index (χ1) is 12.5. The van der Waals surface area contributed by atoms with Crippen LogP contribution in [0.3, 0.4) is 0 Å². The number of carbonyl (C=O) groups excluding carboxylic acids is 2. The summed E-state index contributed by atoms with van der Waals surface area (Å²) in [5.74, 6) is -0.189. The van der Waals surface area contributed by atoms with Crippen LogP contribution in [0.15, 0.2) is 27.6 Å². The molecular formula is C19H19BrN2O2S2. The van der Waals surface area contributed by atoms with E-state index in [0.717, 1.165) is 47.8 Å². The molecule has 26 heavy (non-hydrogen) atoms. The minimum absolute atomic E-state index is 0.0909. The number of thioether (sulfide) groups is 1. The Labute approximate surface area is 171 Å². The van der Waals surface area contributed by atoms with Crippen LogP contribution in [-0.4, -0.2) is 33.6 Å². The number of amides is 2. The summed E-state index contributed by atoms with van der Waals surface area (Å²) in [7, 11) is 0. The Morgan fingerprint density at radius 3 is 2.65 bits per heavy atom. The minimum Gasteiger partial charge on any atom is -0.308 e. The molecule has 1 saturated carbocycles. The molecule has 4 rings (SSSR count). The van der Waals surface area contributed by atoms with Gasteiger partial charge >= 0.3 is 0 Å². The van der Waals surface area contributed by atoms with E-state index in [1.54, 1.807) is 9.80 Å². The topological polar surface area (TPSA) is 40.6 Å². The van der Waals surface area contributed by atoms with Gasteiger partial charge in [-0.15, -0.1) is 0 Å². The average Bonchev–Trinajstić information content (AvgIpc) is 3.28. The number of halogens is 1. The Morgan fingerprint density at radius 1 is 1.23 bits per heavy atom. The number of anilines is 1. The van der Waals surface area contributed by atoms with Crippen molar-refractivity contribution in [2.75, 3.05) is 11.4 Å². The maximum absolute atomic E-state index is 13.2. The molecule has 2 aliphatic heterocycles. The van der Waals surface area contributed by atoms with Gasteiger partial charge in [0.1, 0.15) is 4.32 Å². The first kappa shape index (κ1) is 18.2. The molecule has 0 N–H and O–H groups in total. The van der Waals surface area contributed by atoms with Crippen LogP contribution in [0.5, 0.6) is 0 Å². The fourth-order valence-electron chi connectivity index (χ4n) is 3.98. The quantitative estimate of drug-likeness (QED) is 0.493. The third kappa shape index (κ3) is 2.84. The highest BCUT2D eigenvalue weighted by Gasteiger charge is 2.44. The first-order valence-corrected chi connectivity index (χ1v) is 11.0. The van der Waals surface area contributed by atoms with E-state index in [0.29, 0.717) is 21.3 Å². The largest absolute Gasteiger partial charge is 0.308 e. The van der Waals surface area contributed by atoms with Gasteiger partial charge in [-0.2, -0.15) is 0 Å². The zero-order valence-corrected chi connectivity index (χ0v) is 17.7. The number of rotatable bonds is 3. The molecule has 0 bridgehead atoms. The van der Waals surface area contributed by atoms with Crippen LogP contribution in [0.4, 0.5) is 5.69 Å². The maximum Gasteiger partial charge on any atom is 0.267 e. The molecule has 2 heterocycles. The zero-order chi connectivity index (χ0) is 18.4. The molecule has 2 fully saturated rings. The van der Waals surface area contributed by atoms with Gasteiger partial charge in [0.15, 0.2) is 0 Å². The summed E-state index contributed by atoms with van der Waals surface area (Å²) in [5.41, 5.74) is 2.21. The third-order valence-corrected chi connectivity index (χ3v) is 7.04. The van der Waals surface area contributed by atoms with Crippen LogP contribution in [0.1, 0.15) is 44.6 Å². The summed E-state index contributed by atoms with van der Waals surface area (Å²) in [6.07, 6.45) is 5.11. The Morgan fingerprint density at radius 2 is 1.96 bits per heavy atom. The molecule has 1 saturated heterocycles. The molecule has 0 radical (unpaired) electrons. The fraction of sp³-hybridized carbons (Fsp3) is 0.421. The summed E-state index contributed by atoms with van der Waals surface area (Å²) in [6.45, 7) is 2.68. The third-order valence-electron chi connectivity index (χ3n) is 5.14. The van der Waals surface area contributed by atoms with Crippen molar-refractivity contribution in [1.29, 1.82) is 0 Å². The minimum atomic E-state index is -0.0977. The predicted octanol–water partition coefficient (Wildman–Crippen LogP) is 4.72. The highest BCUT2D eigenvalue weighted by Crippen LogP contribution is 2.46. The Balaban J connectivity index is 1.81. The summed E-state index contributed by atoms with van der Waals surface area (Å²) in [5, 5.41) is 0. The molecular weight excluding hydrogens is 432 g/mol. The van der Waals surface area contributed by atoms with Gasteiger partial charge in [-0.25, -0.2) is 0 Å². The van der Waals surface area contributed by atoms with E-state index in [4.69, 9.17) is 12.2 Å². The van der Waals surface area contributed by atoms with Crippen molar-refractivity contribution in [2.45, 2.75) is 45.1 Å². The van der Waals surface area contributed by atoms with Gasteiger partial charge in [0.25, 0.3) is 11.8 Å². The van der Waals surface area contributed by atoms with Gasteiger partial charge in [0, 0.05) is 22.6 Å². The number of hydrogen-bond donors (Lipinski definition) is 0. The van der Waals surface area contributed by atoms with Crippen LogP contribution in [-0.2, 0) is 9.59 Å². The summed E-state index contributed by atoms with van der Waals surface area (Å²) in [4.78, 5) is 30.3. The second kappa shape index (κ2) is 7.09. The summed E-state index contributed by atoms with van der Waals surface area (Å²) < 4.78 is 1.48. The lowest BCUT2D eigenvalue weighted by atomic mass is 10.1. The number of fused-ring (bicyclic) bond motifs is 1. The standard InChI is InChI=1S/C19H19BrN2O2S2/c1-2-9-21-14-8-7-11(20)10-13(14)15(17(21)23)16-18(24)22(19(25)26-16)12-5-3-4-6-12/h7-8,10,12H,2-6,9H2,1H3/b16-15-. The van der Waals surface area contributed by atoms with Crippen molar-refractivity contribution in [2.24, 2.45) is 0 Å². The second-order valence-corrected chi connectivity index (χ2v) is 9.36. The molecule has 4 nitrogen and oxygen atoms in total. The molecule has 1 aromatic rings. The van der Waals surface area contributed by atoms with Gasteiger partial charge in [-0.3, -0.25) is 14.5 Å². The maximum atomic E-state index is 13.2. The predicted molar refractivity (Wildman–Crippen MR) is 113 cm³/mol. The SMILES string of the molecule is CCCN1C(=O)/C(=C2\SC(=S)N(C3CCCC3)C2=O)c2cc(Br)ccc21. The monoisotopic (exact) mass is 450 g/mol. The van der Waals surface area contributed by atoms with Gasteiger partial charge in [-0.1, -0.05) is 59.7 Å². The van der Waals surface area contributed by atoms with E-state index in [2.05, 4.69) is 15.9 Å². The van der Waals surface area contributed by atoms with Crippen molar-refractivity contribution in [3.05, 3.63) is 33.1 Å². The molecule has 1 aromatic carbocycles. The molecule has 0 atom stereocenters. The van der Waals surface area contributed by atoms with Crippen molar-refractivity contribution >= 4 is 67.3 Å². The molecule has 7 heteroatoms. The normalized spacial score (nSPS) is 23.5. The van der Waals surface area contributed by atoms with Crippen LogP contribution in [0, 0.1) is 0 Å². The molecule has 136 valence electrons. The lowest BCUT2D eigenvalue weighted by molar-refractivity contribution is -0.123. The van der Waals surface area contributed by atoms with Crippen LogP contribution in [0.25, 0.3) is 5.57 Å². The Hall–Kier alpha value is -1.18. The van der Waals surface area contributed by atoms with Gasteiger partial charge < -0.3 is 4.90 Å². The number of hydrogen-bond acceptors (Lipinski definition) is 4. The van der Waals surface area contributed by atoms with Crippen molar-refractivity contribution in [3.8, 4) is 0 Å². The average molecular weight is 451 g/mol. The molecule has 0 unspecified atom stereocenters. The molecule has 3 aliphatic rings. The highest BCUT2D eigenvalue weighted by atomic mass is 79.9. The van der Waals surface area contributed by atoms with Crippen LogP contribution >= 0.6 is 39.9 Å². The van der Waals surface area contributed by atoms with E-state index >= 15 is 0 Å². The van der Waals surface area contributed by atoms with E-state index < -0.39 is 0 Å². The molecule has 0 spiro atoms. The van der Waals surface area contributed by atoms with Gasteiger partial charge in [0.05, 0.1) is 16.2 Å². The number of thiocarbonyl (C=S) groups is 1. The van der Waals surface area contributed by atoms with E-state index in [1.807, 2.05) is 25.1 Å². The molecule has 0 aromatic heterocycles. The summed E-state index contributed by atoms with van der Waals surface area (Å²) in [6, 6.07) is 5.99. The zero-order valence-electron chi connectivity index (χ0n) is 14.5. The van der Waals surface area contributed by atoms with Crippen molar-refractivity contribution in [1.82, 2.24) is 4.90 Å². The summed E-state index contributed by atoms with van der Waals surface area (Å²) >= 11 is 10.3. The second-order valence-electron chi connectivity index (χ2n) is 6.80. The smallest absolute Gasteiger partial charge is 0.267 e. The first-order valence-electron chi connectivity index (χ1n) is 8.94. The Bertz CT molecular complexity index is 846. The van der Waals surface area contributed by atoms with E-state index in [1.165, 1.54) is 11.8 Å². The number of benzene rings is 1. The molecule has 2 amide bonds. The lowest BCUT2D eigenvalue weighted by Gasteiger charge is -2.22. The van der Waals surface area contributed by atoms with Gasteiger partial charge in [0.2, 0.25) is 0 Å². The number of carbonyl (C=O) groups is 2. The molecule has 1 aliphatic carbocycles. The van der Waals surface area contributed by atoms with Crippen LogP contribution in [0.2, 0.25) is 0 Å². The Kier molecular flexibility index (Phi) is 4.96. The van der Waals surface area contributed by atoms with Crippen LogP contribution < -0.4 is 4.90 Å².